The molecule has 0 bridgehead atoms. The number of benzene rings is 2. The Labute approximate surface area is 172 Å². The molecule has 2 aromatic rings. The van der Waals surface area contributed by atoms with Crippen molar-refractivity contribution >= 4 is 23.8 Å². The van der Waals surface area contributed by atoms with E-state index in [1.54, 1.807) is 19.2 Å². The Kier molecular flexibility index (Phi) is 10.3. The van der Waals surface area contributed by atoms with Crippen LogP contribution in [0.3, 0.4) is 0 Å². The van der Waals surface area contributed by atoms with Crippen LogP contribution in [0.15, 0.2) is 65.7 Å². The first-order chi connectivity index (χ1) is 13.9. The summed E-state index contributed by atoms with van der Waals surface area (Å²) in [4.78, 5) is 27.3. The average molecular weight is 399 g/mol. The predicted octanol–water partition coefficient (Wildman–Crippen LogP) is 4.70. The molecule has 0 N–H and O–H groups in total. The van der Waals surface area contributed by atoms with Crippen molar-refractivity contribution in [1.82, 2.24) is 0 Å². The van der Waals surface area contributed by atoms with E-state index in [2.05, 4.69) is 4.99 Å². The van der Waals surface area contributed by atoms with Crippen LogP contribution in [-0.2, 0) is 30.4 Å². The zero-order valence-electron chi connectivity index (χ0n) is 17.6. The lowest BCUT2D eigenvalue weighted by atomic mass is 10.1. The molecule has 6 heteroatoms. The number of methoxy groups -OCH3 is 1. The molecule has 6 nitrogen and oxygen atoms in total. The molecule has 1 aliphatic heterocycles. The van der Waals surface area contributed by atoms with E-state index in [-0.39, 0.29) is 0 Å². The molecule has 0 atom stereocenters. The molecule has 0 saturated carbocycles. The standard InChI is InChI=1S/C13H13NO4.C8H10O.C2H6/c1-13(2)17-11(15)10(12(16)18-13)8-14-9-6-4-3-5-7-9;1-9-7-8-5-3-2-4-6-8;1-2/h3-8,10H,1-2H3;2-6H,7H2,1H3;1-2H3. The molecule has 1 aliphatic rings. The highest BCUT2D eigenvalue weighted by Crippen LogP contribution is 2.22. The average Bonchev–Trinajstić information content (AvgIpc) is 2.70. The molecule has 29 heavy (non-hydrogen) atoms. The van der Waals surface area contributed by atoms with E-state index in [4.69, 9.17) is 14.2 Å². The van der Waals surface area contributed by atoms with Gasteiger partial charge in [0.2, 0.25) is 0 Å². The predicted molar refractivity (Wildman–Crippen MR) is 113 cm³/mol. The van der Waals surface area contributed by atoms with Crippen LogP contribution in [0, 0.1) is 5.92 Å². The minimum atomic E-state index is -1.20. The summed E-state index contributed by atoms with van der Waals surface area (Å²) in [5.41, 5.74) is 1.88. The molecular formula is C23H29NO5. The van der Waals surface area contributed by atoms with Gasteiger partial charge in [0.05, 0.1) is 12.3 Å². The van der Waals surface area contributed by atoms with Crippen molar-refractivity contribution in [2.45, 2.75) is 40.1 Å². The van der Waals surface area contributed by atoms with Gasteiger partial charge in [-0.15, -0.1) is 0 Å². The third-order valence-corrected chi connectivity index (χ3v) is 3.48. The summed E-state index contributed by atoms with van der Waals surface area (Å²) in [5.74, 6) is -3.59. The summed E-state index contributed by atoms with van der Waals surface area (Å²) < 4.78 is 14.9. The van der Waals surface area contributed by atoms with Gasteiger partial charge >= 0.3 is 11.9 Å². The molecule has 1 heterocycles. The molecule has 3 rings (SSSR count). The van der Waals surface area contributed by atoms with Crippen LogP contribution in [0.2, 0.25) is 0 Å². The van der Waals surface area contributed by atoms with Gasteiger partial charge in [0.1, 0.15) is 0 Å². The Bertz CT molecular complexity index is 752. The van der Waals surface area contributed by atoms with Crippen LogP contribution in [0.5, 0.6) is 0 Å². The zero-order valence-corrected chi connectivity index (χ0v) is 17.6. The van der Waals surface area contributed by atoms with Crippen molar-refractivity contribution in [2.75, 3.05) is 7.11 Å². The Morgan fingerprint density at radius 1 is 0.931 bits per heavy atom. The topological polar surface area (TPSA) is 74.2 Å². The molecule has 0 aromatic heterocycles. The van der Waals surface area contributed by atoms with Gasteiger partial charge in [-0.05, 0) is 17.7 Å². The van der Waals surface area contributed by atoms with Crippen LogP contribution in [-0.4, -0.2) is 31.1 Å². The first-order valence-corrected chi connectivity index (χ1v) is 9.49. The van der Waals surface area contributed by atoms with Gasteiger partial charge in [-0.1, -0.05) is 62.4 Å². The van der Waals surface area contributed by atoms with Crippen molar-refractivity contribution in [3.05, 3.63) is 66.2 Å². The van der Waals surface area contributed by atoms with Crippen molar-refractivity contribution < 1.29 is 23.8 Å². The molecule has 1 fully saturated rings. The van der Waals surface area contributed by atoms with Gasteiger partial charge in [-0.25, -0.2) is 0 Å². The van der Waals surface area contributed by atoms with Gasteiger partial charge in [-0.2, -0.15) is 0 Å². The summed E-state index contributed by atoms with van der Waals surface area (Å²) >= 11 is 0. The van der Waals surface area contributed by atoms with E-state index in [9.17, 15) is 9.59 Å². The molecule has 2 aromatic carbocycles. The second kappa shape index (κ2) is 12.5. The first kappa shape index (κ1) is 24.0. The van der Waals surface area contributed by atoms with Crippen LogP contribution < -0.4 is 0 Å². The van der Waals surface area contributed by atoms with E-state index in [0.29, 0.717) is 12.3 Å². The van der Waals surface area contributed by atoms with Gasteiger partial charge in [0, 0.05) is 27.2 Å². The lowest BCUT2D eigenvalue weighted by molar-refractivity contribution is -0.235. The van der Waals surface area contributed by atoms with Crippen molar-refractivity contribution in [1.29, 1.82) is 0 Å². The fourth-order valence-electron chi connectivity index (χ4n) is 2.27. The lowest BCUT2D eigenvalue weighted by Gasteiger charge is -2.31. The molecule has 0 amide bonds. The van der Waals surface area contributed by atoms with Gasteiger partial charge in [-0.3, -0.25) is 14.6 Å². The van der Waals surface area contributed by atoms with Crippen molar-refractivity contribution in [3.63, 3.8) is 0 Å². The Morgan fingerprint density at radius 2 is 1.41 bits per heavy atom. The largest absolute Gasteiger partial charge is 0.422 e. The molecule has 156 valence electrons. The smallest absolute Gasteiger partial charge is 0.329 e. The molecule has 0 aliphatic carbocycles. The number of aliphatic imine (C=N–C) groups is 1. The van der Waals surface area contributed by atoms with Gasteiger partial charge in [0.15, 0.2) is 5.92 Å². The normalized spacial score (nSPS) is 15.3. The van der Waals surface area contributed by atoms with E-state index in [0.717, 1.165) is 0 Å². The Hall–Kier alpha value is -2.99. The molecule has 0 unspecified atom stereocenters. The highest BCUT2D eigenvalue weighted by atomic mass is 16.7. The number of hydrogen-bond donors (Lipinski definition) is 0. The summed E-state index contributed by atoms with van der Waals surface area (Å²) in [5, 5.41) is 0. The van der Waals surface area contributed by atoms with E-state index in [1.807, 2.05) is 62.4 Å². The summed E-state index contributed by atoms with van der Waals surface area (Å²) in [6.45, 7) is 7.72. The second-order valence-corrected chi connectivity index (χ2v) is 6.25. The SMILES string of the molecule is CC.CC1(C)OC(=O)C(C=Nc2ccccc2)C(=O)O1.COCc1ccccc1. The number of esters is 2. The summed E-state index contributed by atoms with van der Waals surface area (Å²) in [6.07, 6.45) is 1.25. The Morgan fingerprint density at radius 3 is 1.90 bits per heavy atom. The maximum atomic E-state index is 11.6. The minimum absolute atomic E-state index is 0.643. The number of cyclic esters (lactones) is 2. The van der Waals surface area contributed by atoms with Gasteiger partial charge in [0.25, 0.3) is 5.79 Å². The van der Waals surface area contributed by atoms with Crippen molar-refractivity contribution in [3.8, 4) is 0 Å². The number of nitrogens with zero attached hydrogens (tertiary/aromatic N) is 1. The zero-order chi connectivity index (χ0) is 21.7. The quantitative estimate of drug-likeness (QED) is 0.423. The lowest BCUT2D eigenvalue weighted by Crippen LogP contribution is -2.46. The Balaban J connectivity index is 0.000000321. The fourth-order valence-corrected chi connectivity index (χ4v) is 2.27. The summed E-state index contributed by atoms with van der Waals surface area (Å²) in [7, 11) is 1.70. The van der Waals surface area contributed by atoms with Crippen LogP contribution in [0.25, 0.3) is 0 Å². The van der Waals surface area contributed by atoms with E-state index in [1.165, 1.54) is 25.6 Å². The number of carbonyl (C=O) groups is 2. The first-order valence-electron chi connectivity index (χ1n) is 9.49. The molecule has 0 spiro atoms. The van der Waals surface area contributed by atoms with Crippen LogP contribution in [0.4, 0.5) is 5.69 Å². The van der Waals surface area contributed by atoms with Crippen molar-refractivity contribution in [2.24, 2.45) is 10.9 Å². The highest BCUT2D eigenvalue weighted by molar-refractivity contribution is 6.10. The maximum absolute atomic E-state index is 11.6. The molecular weight excluding hydrogens is 370 g/mol. The van der Waals surface area contributed by atoms with E-state index >= 15 is 0 Å². The summed E-state index contributed by atoms with van der Waals surface area (Å²) in [6, 6.07) is 19.1. The number of para-hydroxylation sites is 1. The number of hydrogen-bond acceptors (Lipinski definition) is 6. The second-order valence-electron chi connectivity index (χ2n) is 6.25. The number of ether oxygens (including phenoxy) is 3. The van der Waals surface area contributed by atoms with E-state index < -0.39 is 23.6 Å². The minimum Gasteiger partial charge on any atom is -0.422 e. The monoisotopic (exact) mass is 399 g/mol. The fraction of sp³-hybridized carbons (Fsp3) is 0.348. The third kappa shape index (κ3) is 8.70. The number of rotatable bonds is 4. The highest BCUT2D eigenvalue weighted by Gasteiger charge is 2.42. The molecule has 0 radical (unpaired) electrons. The van der Waals surface area contributed by atoms with Crippen LogP contribution >= 0.6 is 0 Å². The number of carbonyl (C=O) groups excluding carboxylic acids is 2. The molecule has 1 saturated heterocycles. The van der Waals surface area contributed by atoms with Crippen LogP contribution in [0.1, 0.15) is 33.3 Å². The maximum Gasteiger partial charge on any atom is 0.329 e. The third-order valence-electron chi connectivity index (χ3n) is 3.48. The van der Waals surface area contributed by atoms with Gasteiger partial charge < -0.3 is 14.2 Å².